The predicted molar refractivity (Wildman–Crippen MR) is 108 cm³/mol. The molecule has 1 aliphatic heterocycles. The summed E-state index contributed by atoms with van der Waals surface area (Å²) in [5.74, 6) is 2.30. The molecule has 0 aliphatic carbocycles. The van der Waals surface area contributed by atoms with Gasteiger partial charge in [-0.25, -0.2) is 0 Å². The normalized spacial score (nSPS) is 18.6. The van der Waals surface area contributed by atoms with E-state index in [0.29, 0.717) is 13.2 Å². The van der Waals surface area contributed by atoms with Crippen LogP contribution < -0.4 is 14.8 Å². The SMILES string of the molecule is CN=C(NCC(C)Oc1ccccc1OC)N1CCOC(c2cnn(C)c2)C1. The standard InChI is InChI=1S/C20H29N5O3/c1-15(28-18-8-6-5-7-17(18)26-4)11-22-20(21-2)25-9-10-27-19(14-25)16-12-23-24(3)13-16/h5-8,12-13,15,19H,9-11,14H2,1-4H3,(H,21,22). The number of ether oxygens (including phenoxy) is 3. The molecule has 28 heavy (non-hydrogen) atoms. The van der Waals surface area contributed by atoms with Crippen molar-refractivity contribution in [2.24, 2.45) is 12.0 Å². The first kappa shape index (κ1) is 20.0. The van der Waals surface area contributed by atoms with E-state index in [2.05, 4.69) is 20.3 Å². The Bertz CT molecular complexity index is 792. The van der Waals surface area contributed by atoms with E-state index in [1.165, 1.54) is 0 Å². The molecule has 0 radical (unpaired) electrons. The van der Waals surface area contributed by atoms with Gasteiger partial charge in [-0.2, -0.15) is 5.10 Å². The molecule has 1 saturated heterocycles. The van der Waals surface area contributed by atoms with Crippen LogP contribution in [0.15, 0.2) is 41.7 Å². The molecular weight excluding hydrogens is 358 g/mol. The van der Waals surface area contributed by atoms with Gasteiger partial charge in [0.2, 0.25) is 0 Å². The lowest BCUT2D eigenvalue weighted by atomic mass is 10.1. The molecule has 0 saturated carbocycles. The van der Waals surface area contributed by atoms with Crippen molar-refractivity contribution < 1.29 is 14.2 Å². The van der Waals surface area contributed by atoms with Crippen molar-refractivity contribution in [1.82, 2.24) is 20.0 Å². The highest BCUT2D eigenvalue weighted by atomic mass is 16.5. The zero-order valence-corrected chi connectivity index (χ0v) is 17.0. The average Bonchev–Trinajstić information content (AvgIpc) is 3.15. The number of para-hydroxylation sites is 2. The number of hydrogen-bond acceptors (Lipinski definition) is 5. The minimum atomic E-state index is -0.0526. The van der Waals surface area contributed by atoms with E-state index in [4.69, 9.17) is 14.2 Å². The lowest BCUT2D eigenvalue weighted by Gasteiger charge is -2.35. The lowest BCUT2D eigenvalue weighted by molar-refractivity contribution is -0.00814. The Morgan fingerprint density at radius 2 is 2.18 bits per heavy atom. The van der Waals surface area contributed by atoms with Crippen molar-refractivity contribution >= 4 is 5.96 Å². The number of nitrogens with zero attached hydrogens (tertiary/aromatic N) is 4. The molecule has 8 nitrogen and oxygen atoms in total. The fraction of sp³-hybridized carbons (Fsp3) is 0.500. The zero-order valence-electron chi connectivity index (χ0n) is 17.0. The van der Waals surface area contributed by atoms with Crippen LogP contribution in [-0.2, 0) is 11.8 Å². The molecule has 3 rings (SSSR count). The summed E-state index contributed by atoms with van der Waals surface area (Å²) in [7, 11) is 5.35. The van der Waals surface area contributed by atoms with Crippen molar-refractivity contribution in [3.63, 3.8) is 0 Å². The quantitative estimate of drug-likeness (QED) is 0.602. The summed E-state index contributed by atoms with van der Waals surface area (Å²) in [4.78, 5) is 6.64. The third-order valence-corrected chi connectivity index (χ3v) is 4.62. The Kier molecular flexibility index (Phi) is 6.76. The molecule has 152 valence electrons. The molecule has 2 atom stereocenters. The third kappa shape index (κ3) is 4.95. The van der Waals surface area contributed by atoms with Crippen molar-refractivity contribution in [1.29, 1.82) is 0 Å². The second-order valence-electron chi connectivity index (χ2n) is 6.76. The van der Waals surface area contributed by atoms with E-state index in [1.54, 1.807) is 18.8 Å². The highest BCUT2D eigenvalue weighted by Gasteiger charge is 2.25. The summed E-state index contributed by atoms with van der Waals surface area (Å²) in [6.45, 7) is 4.81. The maximum atomic E-state index is 6.02. The van der Waals surface area contributed by atoms with Gasteiger partial charge in [-0.15, -0.1) is 0 Å². The van der Waals surface area contributed by atoms with Gasteiger partial charge in [-0.1, -0.05) is 12.1 Å². The number of rotatable bonds is 6. The molecule has 0 bridgehead atoms. The van der Waals surface area contributed by atoms with Crippen LogP contribution in [0, 0.1) is 0 Å². The van der Waals surface area contributed by atoms with Crippen LogP contribution >= 0.6 is 0 Å². The number of morpholine rings is 1. The van der Waals surface area contributed by atoms with Gasteiger partial charge in [-0.3, -0.25) is 9.67 Å². The Balaban J connectivity index is 1.55. The van der Waals surface area contributed by atoms with Gasteiger partial charge in [-0.05, 0) is 19.1 Å². The van der Waals surface area contributed by atoms with Gasteiger partial charge in [0.25, 0.3) is 0 Å². The van der Waals surface area contributed by atoms with Gasteiger partial charge in [0, 0.05) is 32.4 Å². The fourth-order valence-electron chi connectivity index (χ4n) is 3.19. The van der Waals surface area contributed by atoms with Gasteiger partial charge in [0.05, 0.1) is 33.0 Å². The zero-order chi connectivity index (χ0) is 19.9. The largest absolute Gasteiger partial charge is 0.493 e. The number of guanidine groups is 1. The molecule has 2 heterocycles. The molecular formula is C20H29N5O3. The molecule has 1 fully saturated rings. The second-order valence-corrected chi connectivity index (χ2v) is 6.76. The number of aliphatic imine (C=N–C) groups is 1. The smallest absolute Gasteiger partial charge is 0.193 e. The minimum Gasteiger partial charge on any atom is -0.493 e. The molecule has 1 aromatic carbocycles. The molecule has 0 amide bonds. The van der Waals surface area contributed by atoms with Crippen LogP contribution in [0.2, 0.25) is 0 Å². The van der Waals surface area contributed by atoms with Crippen LogP contribution in [0.3, 0.4) is 0 Å². The average molecular weight is 387 g/mol. The fourth-order valence-corrected chi connectivity index (χ4v) is 3.19. The van der Waals surface area contributed by atoms with E-state index in [0.717, 1.165) is 36.1 Å². The molecule has 8 heteroatoms. The maximum Gasteiger partial charge on any atom is 0.193 e. The number of hydrogen-bond donors (Lipinski definition) is 1. The molecule has 2 unspecified atom stereocenters. The van der Waals surface area contributed by atoms with Crippen molar-refractivity contribution in [2.45, 2.75) is 19.1 Å². The lowest BCUT2D eigenvalue weighted by Crippen LogP contribution is -2.49. The summed E-state index contributed by atoms with van der Waals surface area (Å²) in [5.41, 5.74) is 1.08. The first-order valence-corrected chi connectivity index (χ1v) is 9.46. The Labute approximate surface area is 166 Å². The van der Waals surface area contributed by atoms with E-state index in [1.807, 2.05) is 50.6 Å². The second kappa shape index (κ2) is 9.45. The summed E-state index contributed by atoms with van der Waals surface area (Å²) >= 11 is 0. The summed E-state index contributed by atoms with van der Waals surface area (Å²) in [6.07, 6.45) is 3.78. The van der Waals surface area contributed by atoms with Crippen LogP contribution in [0.4, 0.5) is 0 Å². The van der Waals surface area contributed by atoms with E-state index >= 15 is 0 Å². The van der Waals surface area contributed by atoms with Gasteiger partial charge in [0.1, 0.15) is 12.2 Å². The Hall–Kier alpha value is -2.74. The molecule has 2 aromatic rings. The van der Waals surface area contributed by atoms with Gasteiger partial charge < -0.3 is 24.4 Å². The molecule has 1 aliphatic rings. The van der Waals surface area contributed by atoms with Crippen LogP contribution in [0.25, 0.3) is 0 Å². The number of benzene rings is 1. The number of methoxy groups -OCH3 is 1. The van der Waals surface area contributed by atoms with Crippen molar-refractivity contribution in [3.8, 4) is 11.5 Å². The van der Waals surface area contributed by atoms with Gasteiger partial charge in [0.15, 0.2) is 17.5 Å². The first-order valence-electron chi connectivity index (χ1n) is 9.46. The number of aryl methyl sites for hydroxylation is 1. The minimum absolute atomic E-state index is 0.0109. The van der Waals surface area contributed by atoms with Crippen molar-refractivity contribution in [3.05, 3.63) is 42.2 Å². The number of nitrogens with one attached hydrogen (secondary N) is 1. The Morgan fingerprint density at radius 1 is 1.39 bits per heavy atom. The van der Waals surface area contributed by atoms with Crippen LogP contribution in [-0.4, -0.2) is 67.1 Å². The molecule has 0 spiro atoms. The molecule has 1 N–H and O–H groups in total. The monoisotopic (exact) mass is 387 g/mol. The highest BCUT2D eigenvalue weighted by molar-refractivity contribution is 5.80. The predicted octanol–water partition coefficient (Wildman–Crippen LogP) is 1.84. The topological polar surface area (TPSA) is 73.1 Å². The van der Waals surface area contributed by atoms with E-state index < -0.39 is 0 Å². The van der Waals surface area contributed by atoms with E-state index in [9.17, 15) is 0 Å². The Morgan fingerprint density at radius 3 is 2.86 bits per heavy atom. The van der Waals surface area contributed by atoms with Crippen LogP contribution in [0.1, 0.15) is 18.6 Å². The maximum absolute atomic E-state index is 6.02. The van der Waals surface area contributed by atoms with Crippen LogP contribution in [0.5, 0.6) is 11.5 Å². The highest BCUT2D eigenvalue weighted by Crippen LogP contribution is 2.26. The summed E-state index contributed by atoms with van der Waals surface area (Å²) in [6, 6.07) is 7.65. The summed E-state index contributed by atoms with van der Waals surface area (Å²) in [5, 5.41) is 7.65. The molecule has 1 aromatic heterocycles. The third-order valence-electron chi connectivity index (χ3n) is 4.62. The first-order chi connectivity index (χ1) is 13.6. The van der Waals surface area contributed by atoms with Gasteiger partial charge >= 0.3 is 0 Å². The van der Waals surface area contributed by atoms with Crippen molar-refractivity contribution in [2.75, 3.05) is 40.4 Å². The summed E-state index contributed by atoms with van der Waals surface area (Å²) < 4.78 is 19.1. The number of aromatic nitrogens is 2. The van der Waals surface area contributed by atoms with E-state index in [-0.39, 0.29) is 12.2 Å².